The Morgan fingerprint density at radius 3 is 2.59 bits per heavy atom. The fraction of sp³-hybridized carbons (Fsp3) is 0.400. The van der Waals surface area contributed by atoms with Crippen LogP contribution in [0, 0.1) is 0 Å². The second-order valence-electron chi connectivity index (χ2n) is 6.99. The van der Waals surface area contributed by atoms with E-state index in [4.69, 9.17) is 4.74 Å². The number of nitrogens with one attached hydrogen (secondary N) is 2. The summed E-state index contributed by atoms with van der Waals surface area (Å²) in [7, 11) is 1.44. The second-order valence-corrected chi connectivity index (χ2v) is 8.09. The number of alkyl halides is 5. The summed E-state index contributed by atoms with van der Waals surface area (Å²) in [5.41, 5.74) is -0.00240. The molecule has 1 aromatic heterocycles. The van der Waals surface area contributed by atoms with E-state index in [9.17, 15) is 31.5 Å². The Labute approximate surface area is 183 Å². The van der Waals surface area contributed by atoms with Gasteiger partial charge in [0.05, 0.1) is 17.7 Å². The lowest BCUT2D eigenvalue weighted by Crippen LogP contribution is -2.30. The number of hydrogen-bond donors (Lipinski definition) is 2. The maximum Gasteiger partial charge on any atom is 0.573 e. The van der Waals surface area contributed by atoms with Crippen LogP contribution >= 0.6 is 11.3 Å². The summed E-state index contributed by atoms with van der Waals surface area (Å²) in [5, 5.41) is 4.97. The van der Waals surface area contributed by atoms with Crippen LogP contribution < -0.4 is 15.4 Å². The summed E-state index contributed by atoms with van der Waals surface area (Å²) in [6, 6.07) is 4.70. The second kappa shape index (κ2) is 9.41. The highest BCUT2D eigenvalue weighted by Gasteiger charge is 2.39. The van der Waals surface area contributed by atoms with Gasteiger partial charge in [-0.25, -0.2) is 8.78 Å². The molecule has 0 radical (unpaired) electrons. The van der Waals surface area contributed by atoms with E-state index in [1.165, 1.54) is 19.2 Å². The van der Waals surface area contributed by atoms with Gasteiger partial charge in [-0.15, -0.1) is 24.5 Å². The van der Waals surface area contributed by atoms with E-state index >= 15 is 0 Å². The molecule has 0 saturated carbocycles. The third-order valence-electron chi connectivity index (χ3n) is 4.65. The molecule has 2 N–H and O–H groups in total. The maximum atomic E-state index is 13.9. The van der Waals surface area contributed by atoms with Crippen molar-refractivity contribution in [3.8, 4) is 5.75 Å². The van der Waals surface area contributed by atoms with Gasteiger partial charge in [-0.3, -0.25) is 9.59 Å². The molecule has 1 aliphatic rings. The van der Waals surface area contributed by atoms with Gasteiger partial charge in [0, 0.05) is 31.4 Å². The summed E-state index contributed by atoms with van der Waals surface area (Å²) < 4.78 is 74.6. The molecular weight excluding hydrogens is 459 g/mol. The van der Waals surface area contributed by atoms with E-state index < -0.39 is 48.3 Å². The zero-order valence-corrected chi connectivity index (χ0v) is 17.6. The fourth-order valence-corrected chi connectivity index (χ4v) is 4.59. The highest BCUT2D eigenvalue weighted by molar-refractivity contribution is 7.17. The Morgan fingerprint density at radius 2 is 1.91 bits per heavy atom. The Bertz CT molecular complexity index is 1010. The molecule has 174 valence electrons. The third kappa shape index (κ3) is 5.74. The monoisotopic (exact) mass is 478 g/mol. The van der Waals surface area contributed by atoms with E-state index in [1.807, 2.05) is 0 Å². The van der Waals surface area contributed by atoms with Crippen LogP contribution in [0.15, 0.2) is 24.3 Å². The predicted molar refractivity (Wildman–Crippen MR) is 107 cm³/mol. The van der Waals surface area contributed by atoms with Crippen LogP contribution in [-0.2, 0) is 17.6 Å². The number of carbonyl (C=O) groups is 2. The van der Waals surface area contributed by atoms with Gasteiger partial charge in [0.2, 0.25) is 0 Å². The topological polar surface area (TPSA) is 76.7 Å². The van der Waals surface area contributed by atoms with Gasteiger partial charge < -0.3 is 20.1 Å². The van der Waals surface area contributed by atoms with Crippen molar-refractivity contribution in [3.05, 3.63) is 45.8 Å². The number of halogens is 5. The Balaban J connectivity index is 1.93. The molecular formula is C20H19F5N2O4S. The lowest BCUT2D eigenvalue weighted by Gasteiger charge is -2.22. The number of ether oxygens (including phenoxy) is 2. The van der Waals surface area contributed by atoms with Crippen molar-refractivity contribution in [1.29, 1.82) is 0 Å². The van der Waals surface area contributed by atoms with E-state index in [0.717, 1.165) is 23.5 Å². The molecule has 6 nitrogen and oxygen atoms in total. The minimum Gasteiger partial charge on any atom is -0.405 e. The first-order valence-electron chi connectivity index (χ1n) is 9.46. The number of methoxy groups -OCH3 is 1. The van der Waals surface area contributed by atoms with Crippen LogP contribution in [0.2, 0.25) is 0 Å². The smallest absolute Gasteiger partial charge is 0.405 e. The number of thiophene rings is 1. The zero-order chi connectivity index (χ0) is 23.5. The lowest BCUT2D eigenvalue weighted by atomic mass is 9.92. The molecule has 1 heterocycles. The number of amides is 2. The number of hydrogen-bond acceptors (Lipinski definition) is 5. The predicted octanol–water partition coefficient (Wildman–Crippen LogP) is 4.40. The first kappa shape index (κ1) is 23.9. The standard InChI is InChI=1S/C20H19F5N2O4S/c1-30-9-8-26-17(29)15-12-6-7-19(21,22)10-14(12)32-18(15)27-16(28)11-4-2-3-5-13(11)31-20(23,24)25/h2-5H,6-10H2,1H3,(H,26,29)(H,27,28). The van der Waals surface area contributed by atoms with Crippen LogP contribution in [-0.4, -0.2) is 44.4 Å². The first-order valence-corrected chi connectivity index (χ1v) is 10.3. The highest BCUT2D eigenvalue weighted by Crippen LogP contribution is 2.43. The van der Waals surface area contributed by atoms with E-state index in [-0.39, 0.29) is 35.0 Å². The average molecular weight is 478 g/mol. The molecule has 0 fully saturated rings. The molecule has 0 saturated heterocycles. The molecule has 2 aromatic rings. The SMILES string of the molecule is COCCNC(=O)c1c(NC(=O)c2ccccc2OC(F)(F)F)sc2c1CCC(F)(F)C2. The van der Waals surface area contributed by atoms with Gasteiger partial charge in [-0.05, 0) is 24.1 Å². The van der Waals surface area contributed by atoms with Crippen molar-refractivity contribution in [3.63, 3.8) is 0 Å². The first-order chi connectivity index (χ1) is 15.0. The molecule has 0 aliphatic heterocycles. The molecule has 0 bridgehead atoms. The van der Waals surface area contributed by atoms with Crippen molar-refractivity contribution < 1.29 is 41.0 Å². The Hall–Kier alpha value is -2.73. The number of rotatable bonds is 7. The van der Waals surface area contributed by atoms with Crippen molar-refractivity contribution in [1.82, 2.24) is 5.32 Å². The summed E-state index contributed by atoms with van der Waals surface area (Å²) in [4.78, 5) is 25.7. The van der Waals surface area contributed by atoms with Gasteiger partial charge in [-0.1, -0.05) is 12.1 Å². The van der Waals surface area contributed by atoms with Gasteiger partial charge in [0.1, 0.15) is 10.8 Å². The van der Waals surface area contributed by atoms with Crippen LogP contribution in [0.4, 0.5) is 27.0 Å². The summed E-state index contributed by atoms with van der Waals surface area (Å²) in [6.45, 7) is 0.353. The molecule has 12 heteroatoms. The minimum absolute atomic E-state index is 0.0190. The van der Waals surface area contributed by atoms with Crippen molar-refractivity contribution >= 4 is 28.2 Å². The molecule has 0 spiro atoms. The minimum atomic E-state index is -5.02. The van der Waals surface area contributed by atoms with Gasteiger partial charge >= 0.3 is 6.36 Å². The quantitative estimate of drug-likeness (QED) is 0.457. The van der Waals surface area contributed by atoms with Crippen molar-refractivity contribution in [2.24, 2.45) is 0 Å². The van der Waals surface area contributed by atoms with Crippen LogP contribution in [0.5, 0.6) is 5.75 Å². The number of anilines is 1. The van der Waals surface area contributed by atoms with Crippen molar-refractivity contribution in [2.45, 2.75) is 31.5 Å². The fourth-order valence-electron chi connectivity index (χ4n) is 3.27. The maximum absolute atomic E-state index is 13.9. The summed E-state index contributed by atoms with van der Waals surface area (Å²) in [6.07, 6.45) is -6.13. The molecule has 1 aromatic carbocycles. The normalized spacial score (nSPS) is 15.1. The largest absolute Gasteiger partial charge is 0.573 e. The molecule has 1 aliphatic carbocycles. The number of para-hydroxylation sites is 1. The van der Waals surface area contributed by atoms with Crippen LogP contribution in [0.25, 0.3) is 0 Å². The number of carbonyl (C=O) groups excluding carboxylic acids is 2. The molecule has 3 rings (SSSR count). The number of benzene rings is 1. The van der Waals surface area contributed by atoms with Gasteiger partial charge in [-0.2, -0.15) is 0 Å². The summed E-state index contributed by atoms with van der Waals surface area (Å²) in [5.74, 6) is -5.24. The number of fused-ring (bicyclic) bond motifs is 1. The van der Waals surface area contributed by atoms with Crippen LogP contribution in [0.1, 0.15) is 37.6 Å². The van der Waals surface area contributed by atoms with Crippen LogP contribution in [0.3, 0.4) is 0 Å². The average Bonchev–Trinajstić information content (AvgIpc) is 3.02. The van der Waals surface area contributed by atoms with E-state index in [0.29, 0.717) is 5.56 Å². The highest BCUT2D eigenvalue weighted by atomic mass is 32.1. The van der Waals surface area contributed by atoms with E-state index in [2.05, 4.69) is 15.4 Å². The zero-order valence-electron chi connectivity index (χ0n) is 16.8. The van der Waals surface area contributed by atoms with Crippen molar-refractivity contribution in [2.75, 3.05) is 25.6 Å². The molecule has 0 unspecified atom stereocenters. The summed E-state index contributed by atoms with van der Waals surface area (Å²) >= 11 is 0.807. The molecule has 0 atom stereocenters. The molecule has 2 amide bonds. The third-order valence-corrected chi connectivity index (χ3v) is 5.80. The van der Waals surface area contributed by atoms with Gasteiger partial charge in [0.15, 0.2) is 0 Å². The Kier molecular flexibility index (Phi) is 7.03. The lowest BCUT2D eigenvalue weighted by molar-refractivity contribution is -0.274. The molecule has 32 heavy (non-hydrogen) atoms. The van der Waals surface area contributed by atoms with Gasteiger partial charge in [0.25, 0.3) is 17.7 Å². The van der Waals surface area contributed by atoms with E-state index in [1.54, 1.807) is 0 Å². The Morgan fingerprint density at radius 1 is 1.19 bits per heavy atom.